The van der Waals surface area contributed by atoms with E-state index >= 15 is 0 Å². The largest absolute Gasteiger partial charge is 0.493 e. The Balaban J connectivity index is 1.91. The van der Waals surface area contributed by atoms with Crippen LogP contribution in [0.15, 0.2) is 36.4 Å². The van der Waals surface area contributed by atoms with E-state index in [4.69, 9.17) is 37.4 Å². The summed E-state index contributed by atoms with van der Waals surface area (Å²) in [5.41, 5.74) is 0.520. The van der Waals surface area contributed by atoms with E-state index in [1.165, 1.54) is 7.11 Å². The van der Waals surface area contributed by atoms with E-state index in [-0.39, 0.29) is 0 Å². The molecular formula is C16H14Cl2O4. The molecule has 4 nitrogen and oxygen atoms in total. The van der Waals surface area contributed by atoms with Crippen molar-refractivity contribution in [3.05, 3.63) is 52.0 Å². The topological polar surface area (TPSA) is 44.8 Å². The second kappa shape index (κ2) is 7.92. The molecule has 0 atom stereocenters. The van der Waals surface area contributed by atoms with Crippen LogP contribution in [0.4, 0.5) is 0 Å². The highest BCUT2D eigenvalue weighted by molar-refractivity contribution is 6.42. The summed E-state index contributed by atoms with van der Waals surface area (Å²) in [6.07, 6.45) is 0.747. The van der Waals surface area contributed by atoms with Gasteiger partial charge in [-0.3, -0.25) is 4.79 Å². The van der Waals surface area contributed by atoms with Crippen molar-refractivity contribution in [1.29, 1.82) is 0 Å². The van der Waals surface area contributed by atoms with Crippen molar-refractivity contribution in [3.63, 3.8) is 0 Å². The molecule has 0 aromatic heterocycles. The Labute approximate surface area is 138 Å². The zero-order chi connectivity index (χ0) is 15.9. The molecule has 0 radical (unpaired) electrons. The van der Waals surface area contributed by atoms with Crippen LogP contribution in [0.5, 0.6) is 17.2 Å². The first-order valence-electron chi connectivity index (χ1n) is 6.48. The van der Waals surface area contributed by atoms with Gasteiger partial charge in [-0.1, -0.05) is 29.3 Å². The minimum atomic E-state index is 0.290. The predicted molar refractivity (Wildman–Crippen MR) is 85.8 cm³/mol. The molecule has 2 aromatic rings. The second-order valence-corrected chi connectivity index (χ2v) is 5.06. The van der Waals surface area contributed by atoms with E-state index in [2.05, 4.69) is 0 Å². The van der Waals surface area contributed by atoms with Gasteiger partial charge in [-0.25, -0.2) is 0 Å². The number of rotatable bonds is 7. The van der Waals surface area contributed by atoms with Crippen molar-refractivity contribution in [2.75, 3.05) is 20.3 Å². The summed E-state index contributed by atoms with van der Waals surface area (Å²) in [4.78, 5) is 10.7. The minimum Gasteiger partial charge on any atom is -0.493 e. The molecule has 0 spiro atoms. The van der Waals surface area contributed by atoms with Crippen molar-refractivity contribution >= 4 is 29.5 Å². The van der Waals surface area contributed by atoms with Gasteiger partial charge in [0.2, 0.25) is 0 Å². The molecule has 22 heavy (non-hydrogen) atoms. The average molecular weight is 341 g/mol. The third-order valence-corrected chi connectivity index (χ3v) is 3.64. The van der Waals surface area contributed by atoms with E-state index in [1.54, 1.807) is 36.4 Å². The molecule has 0 unspecified atom stereocenters. The Morgan fingerprint density at radius 1 is 1.00 bits per heavy atom. The molecular weight excluding hydrogens is 327 g/mol. The zero-order valence-electron chi connectivity index (χ0n) is 11.8. The fourth-order valence-corrected chi connectivity index (χ4v) is 2.12. The van der Waals surface area contributed by atoms with Gasteiger partial charge in [0.15, 0.2) is 11.5 Å². The van der Waals surface area contributed by atoms with Crippen molar-refractivity contribution in [3.8, 4) is 17.2 Å². The summed E-state index contributed by atoms with van der Waals surface area (Å²) in [5, 5.41) is 0.809. The lowest BCUT2D eigenvalue weighted by molar-refractivity contribution is 0.112. The van der Waals surface area contributed by atoms with Gasteiger partial charge in [0, 0.05) is 5.56 Å². The first-order chi connectivity index (χ1) is 10.7. The van der Waals surface area contributed by atoms with Crippen molar-refractivity contribution < 1.29 is 19.0 Å². The quantitative estimate of drug-likeness (QED) is 0.557. The van der Waals surface area contributed by atoms with Crippen LogP contribution >= 0.6 is 23.2 Å². The highest BCUT2D eigenvalue weighted by atomic mass is 35.5. The molecule has 116 valence electrons. The fraction of sp³-hybridized carbons (Fsp3) is 0.188. The maximum atomic E-state index is 10.7. The van der Waals surface area contributed by atoms with Crippen LogP contribution in [-0.2, 0) is 0 Å². The van der Waals surface area contributed by atoms with Gasteiger partial charge in [0.25, 0.3) is 0 Å². The number of benzene rings is 2. The molecule has 0 aliphatic carbocycles. The van der Waals surface area contributed by atoms with E-state index in [1.807, 2.05) is 0 Å². The molecule has 0 saturated heterocycles. The molecule has 0 heterocycles. The highest BCUT2D eigenvalue weighted by Crippen LogP contribution is 2.31. The SMILES string of the molecule is COc1cc(C=O)ccc1OCCOc1cccc(Cl)c1Cl. The van der Waals surface area contributed by atoms with Gasteiger partial charge in [0.1, 0.15) is 30.3 Å². The predicted octanol–water partition coefficient (Wildman–Crippen LogP) is 4.27. The van der Waals surface area contributed by atoms with E-state index in [9.17, 15) is 4.79 Å². The van der Waals surface area contributed by atoms with Gasteiger partial charge in [-0.2, -0.15) is 0 Å². The number of ether oxygens (including phenoxy) is 3. The number of methoxy groups -OCH3 is 1. The number of hydrogen-bond donors (Lipinski definition) is 0. The van der Waals surface area contributed by atoms with Crippen LogP contribution in [-0.4, -0.2) is 26.6 Å². The lowest BCUT2D eigenvalue weighted by Gasteiger charge is -2.12. The van der Waals surface area contributed by atoms with E-state index in [0.717, 1.165) is 6.29 Å². The van der Waals surface area contributed by atoms with Crippen LogP contribution in [0.1, 0.15) is 10.4 Å². The van der Waals surface area contributed by atoms with Crippen LogP contribution in [0, 0.1) is 0 Å². The van der Waals surface area contributed by atoms with Crippen LogP contribution in [0.3, 0.4) is 0 Å². The molecule has 0 bridgehead atoms. The molecule has 2 aromatic carbocycles. The third-order valence-electron chi connectivity index (χ3n) is 2.84. The second-order valence-electron chi connectivity index (χ2n) is 4.28. The van der Waals surface area contributed by atoms with Gasteiger partial charge in [0.05, 0.1) is 12.1 Å². The maximum Gasteiger partial charge on any atom is 0.161 e. The lowest BCUT2D eigenvalue weighted by Crippen LogP contribution is -2.10. The van der Waals surface area contributed by atoms with Crippen LogP contribution in [0.2, 0.25) is 10.0 Å². The first kappa shape index (κ1) is 16.5. The Morgan fingerprint density at radius 3 is 2.41 bits per heavy atom. The van der Waals surface area contributed by atoms with Crippen LogP contribution in [0.25, 0.3) is 0 Å². The number of carbonyl (C=O) groups is 1. The summed E-state index contributed by atoms with van der Waals surface area (Å²) in [7, 11) is 1.51. The minimum absolute atomic E-state index is 0.290. The van der Waals surface area contributed by atoms with Gasteiger partial charge in [-0.05, 0) is 30.3 Å². The normalized spacial score (nSPS) is 10.1. The number of halogens is 2. The standard InChI is InChI=1S/C16H14Cl2O4/c1-20-15-9-11(10-19)5-6-13(15)21-7-8-22-14-4-2-3-12(17)16(14)18/h2-6,9-10H,7-8H2,1H3. The summed E-state index contributed by atoms with van der Waals surface area (Å²) >= 11 is 11.9. The van der Waals surface area contributed by atoms with Gasteiger partial charge < -0.3 is 14.2 Å². The van der Waals surface area contributed by atoms with Gasteiger partial charge >= 0.3 is 0 Å². The fourth-order valence-electron chi connectivity index (χ4n) is 1.78. The summed E-state index contributed by atoms with van der Waals surface area (Å²) in [6, 6.07) is 10.1. The molecule has 2 rings (SSSR count). The third kappa shape index (κ3) is 4.06. The Morgan fingerprint density at radius 2 is 1.73 bits per heavy atom. The lowest BCUT2D eigenvalue weighted by atomic mass is 10.2. The monoisotopic (exact) mass is 340 g/mol. The Kier molecular flexibility index (Phi) is 5.92. The molecule has 0 aliphatic rings. The number of aldehydes is 1. The summed E-state index contributed by atoms with van der Waals surface area (Å²) < 4.78 is 16.3. The van der Waals surface area contributed by atoms with E-state index in [0.29, 0.717) is 46.1 Å². The highest BCUT2D eigenvalue weighted by Gasteiger charge is 2.07. The zero-order valence-corrected chi connectivity index (χ0v) is 13.4. The van der Waals surface area contributed by atoms with Crippen molar-refractivity contribution in [2.45, 2.75) is 0 Å². The molecule has 0 aliphatic heterocycles. The first-order valence-corrected chi connectivity index (χ1v) is 7.24. The van der Waals surface area contributed by atoms with Crippen molar-refractivity contribution in [1.82, 2.24) is 0 Å². The summed E-state index contributed by atoms with van der Waals surface area (Å²) in [5.74, 6) is 1.53. The maximum absolute atomic E-state index is 10.7. The average Bonchev–Trinajstić information content (AvgIpc) is 2.55. The van der Waals surface area contributed by atoms with Gasteiger partial charge in [-0.15, -0.1) is 0 Å². The Bertz CT molecular complexity index is 659. The number of hydrogen-bond acceptors (Lipinski definition) is 4. The molecule has 0 fully saturated rings. The number of carbonyl (C=O) groups excluding carboxylic acids is 1. The molecule has 0 saturated carbocycles. The molecule has 0 amide bonds. The van der Waals surface area contributed by atoms with Crippen molar-refractivity contribution in [2.24, 2.45) is 0 Å². The Hall–Kier alpha value is -1.91. The van der Waals surface area contributed by atoms with E-state index < -0.39 is 0 Å². The summed E-state index contributed by atoms with van der Waals surface area (Å²) in [6.45, 7) is 0.582. The van der Waals surface area contributed by atoms with Crippen LogP contribution < -0.4 is 14.2 Å². The molecule has 0 N–H and O–H groups in total. The smallest absolute Gasteiger partial charge is 0.161 e. The molecule has 6 heteroatoms.